The summed E-state index contributed by atoms with van der Waals surface area (Å²) >= 11 is 2.06. The zero-order chi connectivity index (χ0) is 23.6. The predicted octanol–water partition coefficient (Wildman–Crippen LogP) is -2.91. The maximum absolute atomic E-state index is 12.6. The first-order valence-electron chi connectivity index (χ1n) is 8.67. The van der Waals surface area contributed by atoms with Crippen LogP contribution in [0, 0.1) is 0 Å². The molecule has 33 heavy (non-hydrogen) atoms. The SMILES string of the molecule is CC(=O)OCC1=C(C(=O)O)N2C(=O)[C@@H](NC(=O)/C(=N\OC(F)F)c3csc(N)n3)[C@H]2SC1.[H-].[Na+]. The minimum absolute atomic E-state index is 0. The van der Waals surface area contributed by atoms with E-state index in [-0.39, 0.29) is 65.4 Å². The number of esters is 1. The quantitative estimate of drug-likeness (QED) is 0.107. The van der Waals surface area contributed by atoms with Gasteiger partial charge in [0.15, 0.2) is 10.8 Å². The zero-order valence-electron chi connectivity index (χ0n) is 18.1. The number of carboxylic acids is 1. The smallest absolute Gasteiger partial charge is 1.00 e. The number of alkyl halides is 2. The number of amides is 2. The van der Waals surface area contributed by atoms with Crippen molar-refractivity contribution in [3.8, 4) is 0 Å². The molecule has 2 aliphatic heterocycles. The van der Waals surface area contributed by atoms with Crippen LogP contribution in [0.3, 0.4) is 0 Å². The fourth-order valence-corrected chi connectivity index (χ4v) is 4.76. The van der Waals surface area contributed by atoms with E-state index in [4.69, 9.17) is 10.5 Å². The van der Waals surface area contributed by atoms with E-state index in [1.54, 1.807) is 0 Å². The van der Waals surface area contributed by atoms with Crippen LogP contribution in [0.1, 0.15) is 14.0 Å². The van der Waals surface area contributed by atoms with E-state index >= 15 is 0 Å². The molecule has 1 fully saturated rings. The molecule has 174 valence electrons. The molecule has 1 aromatic heterocycles. The van der Waals surface area contributed by atoms with Crippen molar-refractivity contribution in [2.45, 2.75) is 25.0 Å². The van der Waals surface area contributed by atoms with E-state index in [1.165, 1.54) is 5.38 Å². The van der Waals surface area contributed by atoms with Gasteiger partial charge in [-0.15, -0.1) is 23.1 Å². The number of halogens is 2. The number of β-lactam (4-membered cyclic amide) rings is 1. The largest absolute Gasteiger partial charge is 1.00 e. The van der Waals surface area contributed by atoms with Gasteiger partial charge in [0.1, 0.15) is 29.4 Å². The van der Waals surface area contributed by atoms with Gasteiger partial charge in [-0.1, -0.05) is 5.16 Å². The number of thioether (sulfide) groups is 1. The standard InChI is InChI=1S/C16H15F2N5O7S2.Na.H/c1-5(24)29-2-6-3-31-13-9(12(26)23(13)10(6)14(27)28)21-11(25)8(22-30-15(17)18)7-4-32-16(19)20-7;;/h4,9,13,15H,2-3H2,1H3,(H2,19,20)(H,21,25)(H,27,28);;/q;+1;-1/b22-8-;;/t9-,13-;;/m1../s1. The number of carbonyl (C=O) groups excluding carboxylic acids is 3. The number of aromatic nitrogens is 1. The first-order valence-corrected chi connectivity index (χ1v) is 10.6. The summed E-state index contributed by atoms with van der Waals surface area (Å²) in [5, 5.41) is 15.5. The fourth-order valence-electron chi connectivity index (χ4n) is 2.89. The summed E-state index contributed by atoms with van der Waals surface area (Å²) in [5.74, 6) is -3.69. The van der Waals surface area contributed by atoms with Crippen LogP contribution in [0.4, 0.5) is 13.9 Å². The first kappa shape index (κ1) is 27.0. The van der Waals surface area contributed by atoms with Crippen LogP contribution in [0.2, 0.25) is 0 Å². The number of nitrogens with zero attached hydrogens (tertiary/aromatic N) is 3. The summed E-state index contributed by atoms with van der Waals surface area (Å²) in [5.41, 5.74) is 4.61. The molecular formula is C16H16F2N5NaO7S2. The number of nitrogens with one attached hydrogen (secondary N) is 1. The molecule has 17 heteroatoms. The van der Waals surface area contributed by atoms with Gasteiger partial charge in [-0.3, -0.25) is 19.3 Å². The van der Waals surface area contributed by atoms with E-state index in [9.17, 15) is 33.1 Å². The van der Waals surface area contributed by atoms with Gasteiger partial charge in [0.05, 0.1) is 0 Å². The monoisotopic (exact) mass is 515 g/mol. The summed E-state index contributed by atoms with van der Waals surface area (Å²) in [6, 6.07) is -1.16. The second-order valence-corrected chi connectivity index (χ2v) is 8.27. The van der Waals surface area contributed by atoms with Crippen molar-refractivity contribution < 1.29 is 73.6 Å². The van der Waals surface area contributed by atoms with Crippen LogP contribution in [0.15, 0.2) is 21.8 Å². The molecule has 12 nitrogen and oxygen atoms in total. The van der Waals surface area contributed by atoms with Gasteiger partial charge in [-0.05, 0) is 0 Å². The van der Waals surface area contributed by atoms with Crippen molar-refractivity contribution in [1.29, 1.82) is 0 Å². The van der Waals surface area contributed by atoms with E-state index in [0.717, 1.165) is 34.9 Å². The van der Waals surface area contributed by atoms with Crippen LogP contribution in [-0.4, -0.2) is 74.8 Å². The Labute approximate surface area is 216 Å². The second kappa shape index (κ2) is 11.2. The number of thiazole rings is 1. The van der Waals surface area contributed by atoms with Crippen molar-refractivity contribution in [3.05, 3.63) is 22.3 Å². The van der Waals surface area contributed by atoms with Gasteiger partial charge < -0.3 is 27.2 Å². The molecule has 3 heterocycles. The van der Waals surface area contributed by atoms with E-state index in [0.29, 0.717) is 0 Å². The number of carbonyl (C=O) groups is 4. The van der Waals surface area contributed by atoms with Crippen molar-refractivity contribution in [3.63, 3.8) is 0 Å². The predicted molar refractivity (Wildman–Crippen MR) is 108 cm³/mol. The van der Waals surface area contributed by atoms with Gasteiger partial charge in [0, 0.05) is 23.6 Å². The number of aliphatic carboxylic acids is 1. The topological polar surface area (TPSA) is 174 Å². The summed E-state index contributed by atoms with van der Waals surface area (Å²) in [6.07, 6.45) is 0. The van der Waals surface area contributed by atoms with Crippen LogP contribution in [0.25, 0.3) is 0 Å². The van der Waals surface area contributed by atoms with Gasteiger partial charge in [-0.2, -0.15) is 8.78 Å². The average molecular weight is 515 g/mol. The number of anilines is 1. The number of rotatable bonds is 8. The summed E-state index contributed by atoms with van der Waals surface area (Å²) in [6.45, 7) is -2.44. The van der Waals surface area contributed by atoms with Crippen molar-refractivity contribution in [2.75, 3.05) is 18.1 Å². The minimum atomic E-state index is -3.30. The average Bonchev–Trinajstić information content (AvgIpc) is 3.15. The Morgan fingerprint density at radius 1 is 1.48 bits per heavy atom. The molecule has 4 N–H and O–H groups in total. The number of hydrogen-bond donors (Lipinski definition) is 3. The molecule has 3 rings (SSSR count). The molecule has 1 saturated heterocycles. The van der Waals surface area contributed by atoms with Crippen LogP contribution < -0.4 is 40.6 Å². The van der Waals surface area contributed by atoms with Gasteiger partial charge in [0.2, 0.25) is 0 Å². The number of fused-ring (bicyclic) bond motifs is 1. The second-order valence-electron chi connectivity index (χ2n) is 6.28. The Hall–Kier alpha value is -2.27. The Balaban J connectivity index is 0.00000289. The molecule has 0 radical (unpaired) electrons. The molecule has 2 amide bonds. The maximum Gasteiger partial charge on any atom is 1.00 e. The van der Waals surface area contributed by atoms with Crippen LogP contribution >= 0.6 is 23.1 Å². The third-order valence-corrected chi connectivity index (χ3v) is 6.20. The van der Waals surface area contributed by atoms with Crippen molar-refractivity contribution >= 4 is 57.7 Å². The van der Waals surface area contributed by atoms with Crippen molar-refractivity contribution in [2.24, 2.45) is 5.16 Å². The number of oxime groups is 1. The zero-order valence-corrected chi connectivity index (χ0v) is 20.7. The van der Waals surface area contributed by atoms with E-state index in [2.05, 4.69) is 20.3 Å². The molecular weight excluding hydrogens is 499 g/mol. The molecule has 0 aromatic carbocycles. The number of ether oxygens (including phenoxy) is 1. The first-order chi connectivity index (χ1) is 15.1. The van der Waals surface area contributed by atoms with E-state index in [1.807, 2.05) is 0 Å². The third kappa shape index (κ3) is 6.00. The van der Waals surface area contributed by atoms with Gasteiger partial charge in [-0.25, -0.2) is 9.78 Å². The molecule has 1 aromatic rings. The Kier molecular flexibility index (Phi) is 9.19. The van der Waals surface area contributed by atoms with E-state index < -0.39 is 47.5 Å². The Bertz CT molecular complexity index is 1040. The number of hydrogen-bond acceptors (Lipinski definition) is 11. The number of nitrogen functional groups attached to an aromatic ring is 1. The molecule has 2 atom stereocenters. The molecule has 0 bridgehead atoms. The Morgan fingerprint density at radius 2 is 2.18 bits per heavy atom. The van der Waals surface area contributed by atoms with Crippen LogP contribution in [0.5, 0.6) is 0 Å². The molecule has 0 spiro atoms. The Morgan fingerprint density at radius 3 is 2.73 bits per heavy atom. The molecule has 0 saturated carbocycles. The molecule has 2 aliphatic rings. The number of nitrogens with two attached hydrogens (primary N) is 1. The number of carboxylic acid groups (broad SMARTS) is 1. The minimum Gasteiger partial charge on any atom is -1.00 e. The van der Waals surface area contributed by atoms with Gasteiger partial charge in [0.25, 0.3) is 11.8 Å². The molecule has 0 aliphatic carbocycles. The summed E-state index contributed by atoms with van der Waals surface area (Å²) < 4.78 is 29.7. The third-order valence-electron chi connectivity index (χ3n) is 4.19. The summed E-state index contributed by atoms with van der Waals surface area (Å²) in [4.78, 5) is 56.6. The van der Waals surface area contributed by atoms with Crippen molar-refractivity contribution in [1.82, 2.24) is 15.2 Å². The fraction of sp³-hybridized carbons (Fsp3) is 0.375. The molecule has 0 unspecified atom stereocenters. The summed E-state index contributed by atoms with van der Waals surface area (Å²) in [7, 11) is 0. The van der Waals surface area contributed by atoms with Crippen LogP contribution in [-0.2, 0) is 28.8 Å². The normalized spacial score (nSPS) is 19.9. The van der Waals surface area contributed by atoms with Gasteiger partial charge >= 0.3 is 48.1 Å². The maximum atomic E-state index is 12.6.